The van der Waals surface area contributed by atoms with Gasteiger partial charge < -0.3 is 0 Å². The standard InChI is InChI=1S/C21H25F5O/c1-18-9-7-13(20(22,23)21(24,25)26)11-12(18)3-4-14-15-5-6-17(27)19(15,2)10-8-16(14)18/h3,11,14-16H,4-10H2,1-2H3/t14-,15-,16-,18-,19-/m0/s1. The first-order chi connectivity index (χ1) is 12.4. The quantitative estimate of drug-likeness (QED) is 0.485. The van der Waals surface area contributed by atoms with Crippen molar-refractivity contribution in [3.8, 4) is 0 Å². The number of Topliss-reactive ketones (excluding diaryl/α,β-unsaturated/α-hetero) is 1. The number of alkyl halides is 5. The molecule has 0 radical (unpaired) electrons. The van der Waals surface area contributed by atoms with Gasteiger partial charge in [-0.15, -0.1) is 0 Å². The van der Waals surface area contributed by atoms with Gasteiger partial charge in [0.05, 0.1) is 0 Å². The monoisotopic (exact) mass is 388 g/mol. The summed E-state index contributed by atoms with van der Waals surface area (Å²) in [6.45, 7) is 4.08. The van der Waals surface area contributed by atoms with Gasteiger partial charge in [0, 0.05) is 17.4 Å². The molecule has 0 N–H and O–H groups in total. The molecule has 0 unspecified atom stereocenters. The van der Waals surface area contributed by atoms with Crippen LogP contribution in [0.5, 0.6) is 0 Å². The lowest BCUT2D eigenvalue weighted by molar-refractivity contribution is -0.265. The molecule has 6 heteroatoms. The van der Waals surface area contributed by atoms with E-state index in [1.165, 1.54) is 0 Å². The van der Waals surface area contributed by atoms with E-state index in [9.17, 15) is 26.7 Å². The molecular weight excluding hydrogens is 363 g/mol. The SMILES string of the molecule is C[C@]12CCC(C(F)(F)C(F)(F)F)=CC1=CC[C@@H]1[C@@H]2CC[C@]2(C)C(=O)CC[C@@H]12. The molecule has 4 aliphatic carbocycles. The van der Waals surface area contributed by atoms with E-state index in [0.29, 0.717) is 42.5 Å². The zero-order chi connectivity index (χ0) is 19.8. The molecule has 4 rings (SSSR count). The second-order valence-electron chi connectivity index (χ2n) is 9.35. The number of allylic oxidation sites excluding steroid dienone is 4. The van der Waals surface area contributed by atoms with Crippen LogP contribution in [0.3, 0.4) is 0 Å². The summed E-state index contributed by atoms with van der Waals surface area (Å²) in [5, 5.41) is 0. The Morgan fingerprint density at radius 1 is 0.963 bits per heavy atom. The third-order valence-electron chi connectivity index (χ3n) is 8.24. The summed E-state index contributed by atoms with van der Waals surface area (Å²) < 4.78 is 66.1. The highest BCUT2D eigenvalue weighted by molar-refractivity contribution is 5.87. The number of carbonyl (C=O) groups is 1. The van der Waals surface area contributed by atoms with Crippen molar-refractivity contribution >= 4 is 5.78 Å². The van der Waals surface area contributed by atoms with E-state index < -0.39 is 17.7 Å². The van der Waals surface area contributed by atoms with E-state index in [0.717, 1.165) is 25.3 Å². The molecular formula is C21H25F5O. The fourth-order valence-electron chi connectivity index (χ4n) is 6.53. The van der Waals surface area contributed by atoms with Crippen molar-refractivity contribution in [2.75, 3.05) is 0 Å². The molecule has 0 aromatic heterocycles. The normalized spacial score (nSPS) is 42.0. The second kappa shape index (κ2) is 5.66. The minimum Gasteiger partial charge on any atom is -0.299 e. The van der Waals surface area contributed by atoms with Gasteiger partial charge in [0.15, 0.2) is 0 Å². The van der Waals surface area contributed by atoms with Crippen LogP contribution in [-0.4, -0.2) is 17.9 Å². The Hall–Kier alpha value is -1.20. The Morgan fingerprint density at radius 3 is 2.30 bits per heavy atom. The van der Waals surface area contributed by atoms with Crippen LogP contribution in [-0.2, 0) is 4.79 Å². The third kappa shape index (κ3) is 2.50. The van der Waals surface area contributed by atoms with Crippen LogP contribution in [0.4, 0.5) is 22.0 Å². The average Bonchev–Trinajstić information content (AvgIpc) is 2.88. The van der Waals surface area contributed by atoms with Gasteiger partial charge in [-0.1, -0.05) is 26.0 Å². The molecule has 0 aliphatic heterocycles. The number of fused-ring (bicyclic) bond motifs is 5. The van der Waals surface area contributed by atoms with Crippen LogP contribution < -0.4 is 0 Å². The Balaban J connectivity index is 1.68. The average molecular weight is 388 g/mol. The van der Waals surface area contributed by atoms with Crippen molar-refractivity contribution < 1.29 is 26.7 Å². The van der Waals surface area contributed by atoms with Crippen LogP contribution >= 0.6 is 0 Å². The molecule has 0 heterocycles. The van der Waals surface area contributed by atoms with Gasteiger partial charge in [-0.2, -0.15) is 22.0 Å². The smallest absolute Gasteiger partial charge is 0.299 e. The fraction of sp³-hybridized carbons (Fsp3) is 0.762. The van der Waals surface area contributed by atoms with Crippen molar-refractivity contribution in [3.05, 3.63) is 23.3 Å². The summed E-state index contributed by atoms with van der Waals surface area (Å²) in [6, 6.07) is 0. The second-order valence-corrected chi connectivity index (χ2v) is 9.35. The van der Waals surface area contributed by atoms with Crippen LogP contribution in [0.15, 0.2) is 23.3 Å². The molecule has 150 valence electrons. The van der Waals surface area contributed by atoms with Gasteiger partial charge in [-0.25, -0.2) is 0 Å². The molecule has 5 atom stereocenters. The van der Waals surface area contributed by atoms with Crippen LogP contribution in [0, 0.1) is 28.6 Å². The molecule has 2 fully saturated rings. The highest BCUT2D eigenvalue weighted by atomic mass is 19.4. The first-order valence-corrected chi connectivity index (χ1v) is 9.81. The van der Waals surface area contributed by atoms with Crippen LogP contribution in [0.1, 0.15) is 58.8 Å². The number of hydrogen-bond donors (Lipinski definition) is 0. The van der Waals surface area contributed by atoms with Crippen molar-refractivity contribution in [1.82, 2.24) is 0 Å². The first-order valence-electron chi connectivity index (χ1n) is 9.81. The summed E-state index contributed by atoms with van der Waals surface area (Å²) in [6.07, 6.45) is 1.33. The van der Waals surface area contributed by atoms with Crippen molar-refractivity contribution in [2.24, 2.45) is 28.6 Å². The third-order valence-corrected chi connectivity index (χ3v) is 8.24. The Bertz CT molecular complexity index is 733. The van der Waals surface area contributed by atoms with Gasteiger partial charge in [0.1, 0.15) is 5.78 Å². The van der Waals surface area contributed by atoms with Crippen LogP contribution in [0.25, 0.3) is 0 Å². The summed E-state index contributed by atoms with van der Waals surface area (Å²) in [4.78, 5) is 12.4. The topological polar surface area (TPSA) is 17.1 Å². The van der Waals surface area contributed by atoms with Gasteiger partial charge in [-0.3, -0.25) is 4.79 Å². The zero-order valence-corrected chi connectivity index (χ0v) is 15.6. The van der Waals surface area contributed by atoms with E-state index in [4.69, 9.17) is 0 Å². The molecule has 0 saturated heterocycles. The van der Waals surface area contributed by atoms with Gasteiger partial charge in [-0.05, 0) is 67.3 Å². The molecule has 2 saturated carbocycles. The van der Waals surface area contributed by atoms with E-state index >= 15 is 0 Å². The number of halogens is 5. The van der Waals surface area contributed by atoms with Gasteiger partial charge >= 0.3 is 12.1 Å². The van der Waals surface area contributed by atoms with Crippen molar-refractivity contribution in [2.45, 2.75) is 70.9 Å². The summed E-state index contributed by atoms with van der Waals surface area (Å²) in [5.74, 6) is -3.56. The molecule has 0 spiro atoms. The molecule has 4 aliphatic rings. The maximum Gasteiger partial charge on any atom is 0.457 e. The maximum atomic E-state index is 13.8. The number of carbonyl (C=O) groups excluding carboxylic acids is 1. The van der Waals surface area contributed by atoms with E-state index in [1.54, 1.807) is 0 Å². The number of rotatable bonds is 1. The molecule has 0 aromatic rings. The van der Waals surface area contributed by atoms with E-state index in [1.807, 2.05) is 13.0 Å². The molecule has 0 bridgehead atoms. The molecule has 1 nitrogen and oxygen atoms in total. The predicted octanol–water partition coefficient (Wildman–Crippen LogP) is 6.25. The summed E-state index contributed by atoms with van der Waals surface area (Å²) in [5.41, 5.74) is -0.821. The van der Waals surface area contributed by atoms with Gasteiger partial charge in [0.25, 0.3) is 0 Å². The number of hydrogen-bond acceptors (Lipinski definition) is 1. The highest BCUT2D eigenvalue weighted by Crippen LogP contribution is 2.64. The minimum atomic E-state index is -5.55. The largest absolute Gasteiger partial charge is 0.457 e. The molecule has 0 amide bonds. The summed E-state index contributed by atoms with van der Waals surface area (Å²) >= 11 is 0. The van der Waals surface area contributed by atoms with E-state index in [-0.39, 0.29) is 23.2 Å². The molecule has 0 aromatic carbocycles. The van der Waals surface area contributed by atoms with Crippen LogP contribution in [0.2, 0.25) is 0 Å². The van der Waals surface area contributed by atoms with Gasteiger partial charge in [0.2, 0.25) is 0 Å². The van der Waals surface area contributed by atoms with Crippen molar-refractivity contribution in [3.63, 3.8) is 0 Å². The predicted molar refractivity (Wildman–Crippen MR) is 91.2 cm³/mol. The lowest BCUT2D eigenvalue weighted by Crippen LogP contribution is -2.50. The number of ketones is 1. The first kappa shape index (κ1) is 19.1. The molecule has 27 heavy (non-hydrogen) atoms. The fourth-order valence-corrected chi connectivity index (χ4v) is 6.53. The summed E-state index contributed by atoms with van der Waals surface area (Å²) in [7, 11) is 0. The Morgan fingerprint density at radius 2 is 1.63 bits per heavy atom. The van der Waals surface area contributed by atoms with E-state index in [2.05, 4.69) is 6.92 Å². The lowest BCUT2D eigenvalue weighted by Gasteiger charge is -2.56. The highest BCUT2D eigenvalue weighted by Gasteiger charge is 2.62. The minimum absolute atomic E-state index is 0.232. The van der Waals surface area contributed by atoms with Crippen molar-refractivity contribution in [1.29, 1.82) is 0 Å². The Labute approximate surface area is 156 Å². The lowest BCUT2D eigenvalue weighted by atomic mass is 9.48. The Kier molecular flexibility index (Phi) is 4.01. The maximum absolute atomic E-state index is 13.8. The zero-order valence-electron chi connectivity index (χ0n) is 15.6.